The van der Waals surface area contributed by atoms with Crippen molar-refractivity contribution in [1.82, 2.24) is 19.7 Å². The van der Waals surface area contributed by atoms with Crippen LogP contribution in [0.3, 0.4) is 0 Å². The van der Waals surface area contributed by atoms with E-state index >= 15 is 0 Å². The summed E-state index contributed by atoms with van der Waals surface area (Å²) in [5.41, 5.74) is 5.02. The molecule has 8 nitrogen and oxygen atoms in total. The number of nitrogens with one attached hydrogen (secondary N) is 2. The third-order valence-corrected chi connectivity index (χ3v) is 5.49. The topological polar surface area (TPSA) is 97.9 Å². The highest BCUT2D eigenvalue weighted by molar-refractivity contribution is 6.30. The van der Waals surface area contributed by atoms with Crippen molar-refractivity contribution < 1.29 is 9.32 Å². The van der Waals surface area contributed by atoms with E-state index < -0.39 is 0 Å². The van der Waals surface area contributed by atoms with E-state index in [9.17, 15) is 4.79 Å². The number of carbonyl (C=O) groups is 1. The number of urea groups is 1. The van der Waals surface area contributed by atoms with Gasteiger partial charge >= 0.3 is 6.03 Å². The summed E-state index contributed by atoms with van der Waals surface area (Å²) in [6.07, 6.45) is 3.58. The highest BCUT2D eigenvalue weighted by Crippen LogP contribution is 2.22. The average molecular weight is 485 g/mol. The van der Waals surface area contributed by atoms with Crippen molar-refractivity contribution in [3.63, 3.8) is 0 Å². The number of aryl methyl sites for hydroxylation is 1. The summed E-state index contributed by atoms with van der Waals surface area (Å²) in [6.45, 7) is 2.62. The Hall–Kier alpha value is -4.43. The van der Waals surface area contributed by atoms with Gasteiger partial charge in [0.2, 0.25) is 5.82 Å². The highest BCUT2D eigenvalue weighted by atomic mass is 35.5. The van der Waals surface area contributed by atoms with Crippen molar-refractivity contribution in [2.45, 2.75) is 13.5 Å². The number of imidazole rings is 1. The second kappa shape index (κ2) is 9.82. The molecule has 9 heteroatoms. The van der Waals surface area contributed by atoms with Crippen LogP contribution in [0.5, 0.6) is 0 Å². The largest absolute Gasteiger partial charge is 0.332 e. The van der Waals surface area contributed by atoms with Gasteiger partial charge in [-0.3, -0.25) is 0 Å². The van der Waals surface area contributed by atoms with Crippen LogP contribution in [-0.2, 0) is 6.54 Å². The van der Waals surface area contributed by atoms with Crippen LogP contribution in [0.25, 0.3) is 23.0 Å². The van der Waals surface area contributed by atoms with Crippen LogP contribution in [0.4, 0.5) is 16.2 Å². The van der Waals surface area contributed by atoms with Gasteiger partial charge in [0.05, 0.1) is 6.33 Å². The maximum absolute atomic E-state index is 12.2. The summed E-state index contributed by atoms with van der Waals surface area (Å²) < 4.78 is 7.35. The molecule has 0 unspecified atom stereocenters. The van der Waals surface area contributed by atoms with Gasteiger partial charge in [-0.2, -0.15) is 4.98 Å². The lowest BCUT2D eigenvalue weighted by Gasteiger charge is -2.09. The molecule has 35 heavy (non-hydrogen) atoms. The summed E-state index contributed by atoms with van der Waals surface area (Å²) in [7, 11) is 0. The molecule has 0 radical (unpaired) electrons. The highest BCUT2D eigenvalue weighted by Gasteiger charge is 2.13. The quantitative estimate of drug-likeness (QED) is 0.296. The van der Waals surface area contributed by atoms with E-state index in [0.29, 0.717) is 40.4 Å². The van der Waals surface area contributed by atoms with Crippen LogP contribution < -0.4 is 10.6 Å². The van der Waals surface area contributed by atoms with Gasteiger partial charge in [0.25, 0.3) is 5.89 Å². The molecule has 174 valence electrons. The molecule has 2 heterocycles. The molecule has 0 aliphatic carbocycles. The van der Waals surface area contributed by atoms with Crippen LogP contribution in [0.15, 0.2) is 89.8 Å². The smallest absolute Gasteiger partial charge is 0.323 e. The van der Waals surface area contributed by atoms with E-state index in [0.717, 1.165) is 16.7 Å². The molecule has 0 aliphatic heterocycles. The third-order valence-electron chi connectivity index (χ3n) is 5.23. The predicted octanol–water partition coefficient (Wildman–Crippen LogP) is 6.25. The lowest BCUT2D eigenvalue weighted by atomic mass is 10.1. The Morgan fingerprint density at radius 1 is 1.00 bits per heavy atom. The number of rotatable bonds is 6. The third kappa shape index (κ3) is 5.56. The minimum atomic E-state index is -0.330. The molecule has 0 atom stereocenters. The maximum Gasteiger partial charge on any atom is 0.323 e. The molecule has 5 rings (SSSR count). The van der Waals surface area contributed by atoms with Crippen molar-refractivity contribution in [1.29, 1.82) is 0 Å². The van der Waals surface area contributed by atoms with Gasteiger partial charge in [0.15, 0.2) is 0 Å². The van der Waals surface area contributed by atoms with Gasteiger partial charge < -0.3 is 19.7 Å². The van der Waals surface area contributed by atoms with Gasteiger partial charge in [-0.15, -0.1) is 0 Å². The summed E-state index contributed by atoms with van der Waals surface area (Å²) in [5, 5.41) is 10.3. The predicted molar refractivity (Wildman–Crippen MR) is 135 cm³/mol. The minimum Gasteiger partial charge on any atom is -0.332 e. The Kier molecular flexibility index (Phi) is 6.28. The summed E-state index contributed by atoms with van der Waals surface area (Å²) >= 11 is 5.87. The zero-order valence-corrected chi connectivity index (χ0v) is 19.5. The van der Waals surface area contributed by atoms with Crippen LogP contribution >= 0.6 is 11.6 Å². The van der Waals surface area contributed by atoms with Crippen LogP contribution in [0.1, 0.15) is 11.1 Å². The SMILES string of the molecule is Cc1cccc(-c2noc(-c3cn(Cc4ccc(NC(=O)Nc5ccc(Cl)cc5)cc4)cn3)n2)c1. The molecule has 2 amide bonds. The number of anilines is 2. The van der Waals surface area contributed by atoms with E-state index in [1.165, 1.54) is 0 Å². The average Bonchev–Trinajstić information content (AvgIpc) is 3.52. The van der Waals surface area contributed by atoms with Crippen molar-refractivity contribution in [2.24, 2.45) is 0 Å². The molecule has 0 spiro atoms. The molecule has 0 saturated carbocycles. The number of hydrogen-bond donors (Lipinski definition) is 2. The molecular weight excluding hydrogens is 464 g/mol. The van der Waals surface area contributed by atoms with Crippen molar-refractivity contribution >= 4 is 29.0 Å². The number of hydrogen-bond acceptors (Lipinski definition) is 5. The van der Waals surface area contributed by atoms with Crippen LogP contribution in [0.2, 0.25) is 5.02 Å². The van der Waals surface area contributed by atoms with Crippen LogP contribution in [-0.4, -0.2) is 25.7 Å². The number of carbonyl (C=O) groups excluding carboxylic acids is 1. The number of nitrogens with zero attached hydrogens (tertiary/aromatic N) is 4. The van der Waals surface area contributed by atoms with Crippen molar-refractivity contribution in [2.75, 3.05) is 10.6 Å². The fraction of sp³-hybridized carbons (Fsp3) is 0.0769. The Morgan fingerprint density at radius 3 is 2.43 bits per heavy atom. The van der Waals surface area contributed by atoms with Gasteiger partial charge in [0.1, 0.15) is 5.69 Å². The second-order valence-electron chi connectivity index (χ2n) is 8.01. The Bertz CT molecular complexity index is 1460. The second-order valence-corrected chi connectivity index (χ2v) is 8.44. The van der Waals surface area contributed by atoms with Crippen molar-refractivity contribution in [3.8, 4) is 23.0 Å². The summed E-state index contributed by atoms with van der Waals surface area (Å²) in [4.78, 5) is 21.1. The lowest BCUT2D eigenvalue weighted by Crippen LogP contribution is -2.19. The Balaban J connectivity index is 1.20. The number of halogens is 1. The summed E-state index contributed by atoms with van der Waals surface area (Å²) in [5.74, 6) is 0.896. The first-order chi connectivity index (χ1) is 17.0. The number of amides is 2. The van der Waals surface area contributed by atoms with E-state index in [2.05, 4.69) is 25.8 Å². The fourth-order valence-electron chi connectivity index (χ4n) is 3.52. The first-order valence-corrected chi connectivity index (χ1v) is 11.2. The number of aromatic nitrogens is 4. The van der Waals surface area contributed by atoms with Gasteiger partial charge in [-0.25, -0.2) is 9.78 Å². The van der Waals surface area contributed by atoms with E-state index in [4.69, 9.17) is 16.1 Å². The van der Waals surface area contributed by atoms with Crippen LogP contribution in [0, 0.1) is 6.92 Å². The molecule has 0 bridgehead atoms. The molecular formula is C26H21ClN6O2. The fourth-order valence-corrected chi connectivity index (χ4v) is 3.64. The molecule has 3 aromatic carbocycles. The zero-order valence-electron chi connectivity index (χ0n) is 18.8. The molecule has 5 aromatic rings. The normalized spacial score (nSPS) is 10.8. The zero-order chi connectivity index (χ0) is 24.2. The monoisotopic (exact) mass is 484 g/mol. The molecule has 0 fully saturated rings. The van der Waals surface area contributed by atoms with E-state index in [-0.39, 0.29) is 6.03 Å². The van der Waals surface area contributed by atoms with Crippen molar-refractivity contribution in [3.05, 3.63) is 101 Å². The molecule has 0 saturated heterocycles. The molecule has 2 aromatic heterocycles. The summed E-state index contributed by atoms with van der Waals surface area (Å²) in [6, 6.07) is 22.1. The molecule has 2 N–H and O–H groups in total. The van der Waals surface area contributed by atoms with E-state index in [1.54, 1.807) is 30.6 Å². The number of benzene rings is 3. The van der Waals surface area contributed by atoms with E-state index in [1.807, 2.05) is 66.2 Å². The first-order valence-electron chi connectivity index (χ1n) is 10.9. The minimum absolute atomic E-state index is 0.330. The first kappa shape index (κ1) is 22.4. The Labute approximate surface area is 206 Å². The van der Waals surface area contributed by atoms with Gasteiger partial charge in [-0.05, 0) is 55.0 Å². The Morgan fingerprint density at radius 2 is 1.71 bits per heavy atom. The standard InChI is InChI=1S/C26H21ClN6O2/c1-17-3-2-4-19(13-17)24-31-25(35-32-24)23-15-33(16-28-23)14-18-5-9-21(10-6-18)29-26(34)30-22-11-7-20(27)8-12-22/h2-13,15-16H,14H2,1H3,(H2,29,30,34). The van der Waals surface area contributed by atoms with Gasteiger partial charge in [-0.1, -0.05) is 52.7 Å². The van der Waals surface area contributed by atoms with Gasteiger partial charge in [0, 0.05) is 34.7 Å². The lowest BCUT2D eigenvalue weighted by molar-refractivity contribution is 0.262. The maximum atomic E-state index is 12.2. The molecule has 0 aliphatic rings.